The van der Waals surface area contributed by atoms with E-state index in [4.69, 9.17) is 9.47 Å². The first-order chi connectivity index (χ1) is 34.8. The van der Waals surface area contributed by atoms with E-state index in [2.05, 4.69) is 79.9 Å². The molecule has 0 saturated carbocycles. The van der Waals surface area contributed by atoms with Gasteiger partial charge in [0.1, 0.15) is 24.4 Å². The van der Waals surface area contributed by atoms with Crippen LogP contribution in [0.25, 0.3) is 0 Å². The number of nitrogens with one attached hydrogen (secondary N) is 1. The first kappa shape index (κ1) is 66.6. The Hall–Kier alpha value is -2.37. The Morgan fingerprint density at radius 2 is 0.845 bits per heavy atom. The molecule has 412 valence electrons. The minimum absolute atomic E-state index is 0.204. The molecule has 7 atom stereocenters. The summed E-state index contributed by atoms with van der Waals surface area (Å²) in [6.07, 6.45) is 64.0. The number of ether oxygens (including phenoxy) is 2. The second-order valence-corrected chi connectivity index (χ2v) is 20.4. The summed E-state index contributed by atoms with van der Waals surface area (Å²) in [7, 11) is 0. The van der Waals surface area contributed by atoms with Crippen LogP contribution in [0.1, 0.15) is 258 Å². The molecule has 0 bridgehead atoms. The Kier molecular flexibility index (Phi) is 48.0. The molecule has 1 heterocycles. The lowest BCUT2D eigenvalue weighted by atomic mass is 9.99. The van der Waals surface area contributed by atoms with Crippen molar-refractivity contribution in [2.45, 2.75) is 301 Å². The lowest BCUT2D eigenvalue weighted by molar-refractivity contribution is -0.302. The van der Waals surface area contributed by atoms with E-state index in [0.717, 1.165) is 83.5 Å². The normalized spacial score (nSPS) is 19.8. The number of unbranched alkanes of at least 4 members (excludes halogenated alkanes) is 30. The number of aliphatic hydroxyl groups excluding tert-OH is 5. The molecule has 9 nitrogen and oxygen atoms in total. The van der Waals surface area contributed by atoms with Crippen molar-refractivity contribution in [2.24, 2.45) is 0 Å². The second kappa shape index (κ2) is 51.1. The van der Waals surface area contributed by atoms with Crippen LogP contribution in [-0.4, -0.2) is 87.5 Å². The summed E-state index contributed by atoms with van der Waals surface area (Å²) in [4.78, 5) is 13.0. The number of rotatable bonds is 50. The summed E-state index contributed by atoms with van der Waals surface area (Å²) in [6.45, 7) is 3.74. The second-order valence-electron chi connectivity index (χ2n) is 20.4. The lowest BCUT2D eigenvalue weighted by Crippen LogP contribution is -2.60. The maximum atomic E-state index is 13.0. The molecule has 0 aliphatic carbocycles. The molecule has 0 aromatic carbocycles. The van der Waals surface area contributed by atoms with Crippen molar-refractivity contribution in [3.8, 4) is 0 Å². The molecule has 1 aliphatic heterocycles. The monoisotopic (exact) mass is 998 g/mol. The van der Waals surface area contributed by atoms with Gasteiger partial charge in [0.2, 0.25) is 5.91 Å². The SMILES string of the molecule is CCCCC/C=C\C/C=C\C/C=C\CCCCCCCCC(=O)NC(COC1OC(CO)C(O)C(O)C1O)C(O)/C=C/CC/C=C/CC/C=C/CCCCCCCCCCCCCCCCCCCCC. The van der Waals surface area contributed by atoms with Gasteiger partial charge in [-0.05, 0) is 83.5 Å². The van der Waals surface area contributed by atoms with Crippen molar-refractivity contribution in [1.29, 1.82) is 0 Å². The Bertz CT molecular complexity index is 1340. The zero-order valence-electron chi connectivity index (χ0n) is 45.7. The van der Waals surface area contributed by atoms with Crippen LogP contribution in [0.3, 0.4) is 0 Å². The third-order valence-corrected chi connectivity index (χ3v) is 13.7. The average Bonchev–Trinajstić information content (AvgIpc) is 3.37. The average molecular weight is 999 g/mol. The summed E-state index contributed by atoms with van der Waals surface area (Å²) >= 11 is 0. The van der Waals surface area contributed by atoms with Gasteiger partial charge in [0.15, 0.2) is 6.29 Å². The van der Waals surface area contributed by atoms with Crippen LogP contribution in [0.4, 0.5) is 0 Å². The molecule has 1 amide bonds. The minimum Gasteiger partial charge on any atom is -0.394 e. The maximum absolute atomic E-state index is 13.0. The molecular formula is C62H111NO8. The van der Waals surface area contributed by atoms with E-state index in [0.29, 0.717) is 6.42 Å². The Balaban J connectivity index is 2.26. The first-order valence-corrected chi connectivity index (χ1v) is 29.7. The van der Waals surface area contributed by atoms with Gasteiger partial charge in [-0.25, -0.2) is 0 Å². The van der Waals surface area contributed by atoms with Crippen LogP contribution in [0.5, 0.6) is 0 Å². The molecule has 1 saturated heterocycles. The van der Waals surface area contributed by atoms with Crippen molar-refractivity contribution in [3.05, 3.63) is 72.9 Å². The smallest absolute Gasteiger partial charge is 0.220 e. The molecule has 7 unspecified atom stereocenters. The molecule has 9 heteroatoms. The third kappa shape index (κ3) is 40.7. The van der Waals surface area contributed by atoms with E-state index < -0.39 is 49.5 Å². The molecule has 1 fully saturated rings. The molecule has 6 N–H and O–H groups in total. The fraction of sp³-hybridized carbons (Fsp3) is 0.790. The van der Waals surface area contributed by atoms with Crippen LogP contribution >= 0.6 is 0 Å². The first-order valence-electron chi connectivity index (χ1n) is 29.7. The number of carbonyl (C=O) groups is 1. The molecule has 1 aliphatic rings. The number of hydrogen-bond acceptors (Lipinski definition) is 8. The summed E-state index contributed by atoms with van der Waals surface area (Å²) in [6, 6.07) is -0.840. The van der Waals surface area contributed by atoms with E-state index in [9.17, 15) is 30.3 Å². The highest BCUT2D eigenvalue weighted by Gasteiger charge is 2.44. The predicted octanol–water partition coefficient (Wildman–Crippen LogP) is 14.8. The van der Waals surface area contributed by atoms with Gasteiger partial charge in [0, 0.05) is 6.42 Å². The van der Waals surface area contributed by atoms with Crippen molar-refractivity contribution in [3.63, 3.8) is 0 Å². The van der Waals surface area contributed by atoms with Crippen LogP contribution < -0.4 is 5.32 Å². The highest BCUT2D eigenvalue weighted by atomic mass is 16.7. The lowest BCUT2D eigenvalue weighted by Gasteiger charge is -2.40. The maximum Gasteiger partial charge on any atom is 0.220 e. The van der Waals surface area contributed by atoms with Crippen molar-refractivity contribution < 1.29 is 39.8 Å². The van der Waals surface area contributed by atoms with E-state index in [1.54, 1.807) is 6.08 Å². The molecular weight excluding hydrogens is 887 g/mol. The van der Waals surface area contributed by atoms with Gasteiger partial charge in [-0.1, -0.05) is 241 Å². The summed E-state index contributed by atoms with van der Waals surface area (Å²) in [5.41, 5.74) is 0. The zero-order chi connectivity index (χ0) is 51.5. The zero-order valence-corrected chi connectivity index (χ0v) is 45.7. The minimum atomic E-state index is -1.58. The van der Waals surface area contributed by atoms with Crippen LogP contribution in [0, 0.1) is 0 Å². The summed E-state index contributed by atoms with van der Waals surface area (Å²) in [5.74, 6) is -0.204. The van der Waals surface area contributed by atoms with E-state index in [1.807, 2.05) is 6.08 Å². The summed E-state index contributed by atoms with van der Waals surface area (Å²) in [5, 5.41) is 54.5. The van der Waals surface area contributed by atoms with Crippen molar-refractivity contribution in [2.75, 3.05) is 13.2 Å². The Morgan fingerprint density at radius 1 is 0.479 bits per heavy atom. The molecule has 0 aromatic rings. The van der Waals surface area contributed by atoms with Crippen LogP contribution in [0.15, 0.2) is 72.9 Å². The van der Waals surface area contributed by atoms with Gasteiger partial charge >= 0.3 is 0 Å². The molecule has 71 heavy (non-hydrogen) atoms. The largest absolute Gasteiger partial charge is 0.394 e. The fourth-order valence-corrected chi connectivity index (χ4v) is 9.02. The van der Waals surface area contributed by atoms with Gasteiger partial charge in [-0.3, -0.25) is 4.79 Å². The highest BCUT2D eigenvalue weighted by molar-refractivity contribution is 5.76. The number of aliphatic hydroxyl groups is 5. The number of hydrogen-bond donors (Lipinski definition) is 6. The molecule has 0 spiro atoms. The fourth-order valence-electron chi connectivity index (χ4n) is 9.02. The van der Waals surface area contributed by atoms with E-state index in [1.165, 1.54) is 154 Å². The highest BCUT2D eigenvalue weighted by Crippen LogP contribution is 2.23. The number of carbonyl (C=O) groups excluding carboxylic acids is 1. The molecule has 0 aromatic heterocycles. The van der Waals surface area contributed by atoms with Gasteiger partial charge in [0.25, 0.3) is 0 Å². The van der Waals surface area contributed by atoms with Crippen molar-refractivity contribution >= 4 is 5.91 Å². The summed E-state index contributed by atoms with van der Waals surface area (Å²) < 4.78 is 11.2. The number of allylic oxidation sites excluding steroid dienone is 11. The molecule has 1 rings (SSSR count). The van der Waals surface area contributed by atoms with Gasteiger partial charge < -0.3 is 40.3 Å². The van der Waals surface area contributed by atoms with Crippen LogP contribution in [0.2, 0.25) is 0 Å². The van der Waals surface area contributed by atoms with Gasteiger partial charge in [0.05, 0.1) is 25.4 Å². The quantitative estimate of drug-likeness (QED) is 0.0261. The van der Waals surface area contributed by atoms with Gasteiger partial charge in [-0.15, -0.1) is 0 Å². The third-order valence-electron chi connectivity index (χ3n) is 13.7. The van der Waals surface area contributed by atoms with Crippen molar-refractivity contribution in [1.82, 2.24) is 5.32 Å². The van der Waals surface area contributed by atoms with E-state index in [-0.39, 0.29) is 12.5 Å². The molecule has 0 radical (unpaired) electrons. The Morgan fingerprint density at radius 3 is 1.31 bits per heavy atom. The van der Waals surface area contributed by atoms with E-state index >= 15 is 0 Å². The standard InChI is InChI=1S/C62H111NO8/c1-3-5-7-9-11-13-15-17-19-21-23-24-25-26-27-28-29-30-31-32-34-35-37-39-41-43-45-47-49-51-56(65)55(54-70-62-61(69)60(68)59(67)57(53-64)71-62)63-58(66)52-50-48-46-44-42-40-38-36-33-22-20-18-16-14-12-10-8-6-4-2/h12,14,18,20,33-36,41,43,49,51,55-57,59-62,64-65,67-69H,3-11,13,15-17,19,21-32,37-40,42,44-48,50,52-54H2,1-2H3,(H,63,66)/b14-12-,20-18-,35-34+,36-33-,43-41+,51-49+. The Labute approximate surface area is 436 Å². The predicted molar refractivity (Wildman–Crippen MR) is 299 cm³/mol. The van der Waals surface area contributed by atoms with Crippen LogP contribution in [-0.2, 0) is 14.3 Å². The van der Waals surface area contributed by atoms with Gasteiger partial charge in [-0.2, -0.15) is 0 Å². The topological polar surface area (TPSA) is 149 Å². The number of amides is 1.